The molecule has 0 aliphatic rings. The smallest absolute Gasteiger partial charge is 0.308 e. The topological polar surface area (TPSA) is 56.3 Å². The molecular weight excluding hydrogens is 266 g/mol. The van der Waals surface area contributed by atoms with E-state index in [1.807, 2.05) is 0 Å². The van der Waals surface area contributed by atoms with Crippen molar-refractivity contribution < 1.29 is 14.3 Å². The van der Waals surface area contributed by atoms with Crippen molar-refractivity contribution in [2.45, 2.75) is 6.92 Å². The van der Waals surface area contributed by atoms with Crippen molar-refractivity contribution in [2.24, 2.45) is 0 Å². The molecule has 0 fully saturated rings. The summed E-state index contributed by atoms with van der Waals surface area (Å²) in [5.74, 6) is -0.247. The number of hydrogen-bond acceptors (Lipinski definition) is 4. The average molecular weight is 276 g/mol. The molecule has 0 unspecified atom stereocenters. The van der Waals surface area contributed by atoms with Gasteiger partial charge in [0, 0.05) is 18.7 Å². The molecule has 0 saturated carbocycles. The van der Waals surface area contributed by atoms with Crippen molar-refractivity contribution in [2.75, 3.05) is 0 Å². The number of carbonyl (C=O) groups is 2. The van der Waals surface area contributed by atoms with E-state index in [0.717, 1.165) is 0 Å². The predicted octanol–water partition coefficient (Wildman–Crippen LogP) is 2.89. The summed E-state index contributed by atoms with van der Waals surface area (Å²) in [6.45, 7) is 1.31. The van der Waals surface area contributed by atoms with Crippen molar-refractivity contribution in [1.29, 1.82) is 0 Å². The van der Waals surface area contributed by atoms with Gasteiger partial charge in [0.15, 0.2) is 5.78 Å². The molecule has 0 spiro atoms. The first-order valence-electron chi connectivity index (χ1n) is 5.51. The zero-order chi connectivity index (χ0) is 13.8. The molecule has 5 heteroatoms. The van der Waals surface area contributed by atoms with Gasteiger partial charge in [-0.1, -0.05) is 11.6 Å². The number of nitrogens with zero attached hydrogens (tertiary/aromatic N) is 1. The summed E-state index contributed by atoms with van der Waals surface area (Å²) < 4.78 is 4.89. The molecule has 2 rings (SSSR count). The Kier molecular flexibility index (Phi) is 3.92. The number of rotatable bonds is 3. The normalized spacial score (nSPS) is 10.0. The highest BCUT2D eigenvalue weighted by Crippen LogP contribution is 2.19. The van der Waals surface area contributed by atoms with Gasteiger partial charge < -0.3 is 4.74 Å². The SMILES string of the molecule is CC(=O)Oc1ccc(C(=O)c2cccnc2Cl)cc1. The van der Waals surface area contributed by atoms with E-state index in [4.69, 9.17) is 16.3 Å². The second-order valence-electron chi connectivity index (χ2n) is 3.79. The number of benzene rings is 1. The molecule has 0 radical (unpaired) electrons. The number of ether oxygens (including phenoxy) is 1. The van der Waals surface area contributed by atoms with Crippen LogP contribution in [0.5, 0.6) is 5.75 Å². The Labute approximate surface area is 115 Å². The van der Waals surface area contributed by atoms with E-state index in [9.17, 15) is 9.59 Å². The monoisotopic (exact) mass is 275 g/mol. The van der Waals surface area contributed by atoms with Crippen LogP contribution in [0.4, 0.5) is 0 Å². The Balaban J connectivity index is 2.25. The first kappa shape index (κ1) is 13.2. The van der Waals surface area contributed by atoms with Crippen molar-refractivity contribution in [3.63, 3.8) is 0 Å². The molecule has 1 aromatic carbocycles. The molecule has 96 valence electrons. The number of halogens is 1. The maximum atomic E-state index is 12.2. The van der Waals surface area contributed by atoms with Crippen molar-refractivity contribution in [1.82, 2.24) is 4.98 Å². The second-order valence-corrected chi connectivity index (χ2v) is 4.15. The third-order valence-corrected chi connectivity index (χ3v) is 2.68. The molecule has 0 amide bonds. The lowest BCUT2D eigenvalue weighted by atomic mass is 10.1. The number of esters is 1. The van der Waals surface area contributed by atoms with Crippen LogP contribution in [-0.4, -0.2) is 16.7 Å². The molecule has 0 bridgehead atoms. The zero-order valence-electron chi connectivity index (χ0n) is 10.1. The minimum absolute atomic E-state index is 0.163. The Morgan fingerprint density at radius 3 is 2.42 bits per heavy atom. The van der Waals surface area contributed by atoms with E-state index in [0.29, 0.717) is 16.9 Å². The van der Waals surface area contributed by atoms with Gasteiger partial charge in [0.05, 0.1) is 5.56 Å². The molecule has 0 N–H and O–H groups in total. The van der Waals surface area contributed by atoms with Crippen LogP contribution < -0.4 is 4.74 Å². The lowest BCUT2D eigenvalue weighted by molar-refractivity contribution is -0.131. The summed E-state index contributed by atoms with van der Waals surface area (Å²) in [5, 5.41) is 0.163. The van der Waals surface area contributed by atoms with Gasteiger partial charge >= 0.3 is 5.97 Å². The van der Waals surface area contributed by atoms with Gasteiger partial charge in [0.2, 0.25) is 0 Å². The molecule has 0 atom stereocenters. The lowest BCUT2D eigenvalue weighted by Gasteiger charge is -2.04. The molecule has 0 saturated heterocycles. The van der Waals surface area contributed by atoms with Crippen LogP contribution in [0.1, 0.15) is 22.8 Å². The van der Waals surface area contributed by atoms with E-state index < -0.39 is 5.97 Å². The summed E-state index contributed by atoms with van der Waals surface area (Å²) in [6, 6.07) is 9.51. The van der Waals surface area contributed by atoms with Crippen molar-refractivity contribution in [3.8, 4) is 5.75 Å². The summed E-state index contributed by atoms with van der Waals surface area (Å²) in [5.41, 5.74) is 0.787. The maximum Gasteiger partial charge on any atom is 0.308 e. The van der Waals surface area contributed by atoms with Crippen LogP contribution >= 0.6 is 11.6 Å². The van der Waals surface area contributed by atoms with E-state index >= 15 is 0 Å². The van der Waals surface area contributed by atoms with Gasteiger partial charge in [-0.05, 0) is 36.4 Å². The molecular formula is C14H10ClNO3. The van der Waals surface area contributed by atoms with Crippen LogP contribution in [-0.2, 0) is 4.79 Å². The molecule has 1 heterocycles. The second kappa shape index (κ2) is 5.63. The predicted molar refractivity (Wildman–Crippen MR) is 70.4 cm³/mol. The lowest BCUT2D eigenvalue weighted by Crippen LogP contribution is -2.04. The summed E-state index contributed by atoms with van der Waals surface area (Å²) in [7, 11) is 0. The van der Waals surface area contributed by atoms with Gasteiger partial charge in [0.25, 0.3) is 0 Å². The number of carbonyl (C=O) groups excluding carboxylic acids is 2. The van der Waals surface area contributed by atoms with Gasteiger partial charge in [-0.15, -0.1) is 0 Å². The Hall–Kier alpha value is -2.20. The average Bonchev–Trinajstić information content (AvgIpc) is 2.39. The third kappa shape index (κ3) is 3.17. The Morgan fingerprint density at radius 1 is 1.16 bits per heavy atom. The fourth-order valence-corrected chi connectivity index (χ4v) is 1.76. The Bertz CT molecular complexity index is 623. The van der Waals surface area contributed by atoms with Crippen LogP contribution in [0.3, 0.4) is 0 Å². The first-order valence-corrected chi connectivity index (χ1v) is 5.89. The van der Waals surface area contributed by atoms with E-state index in [-0.39, 0.29) is 10.9 Å². The van der Waals surface area contributed by atoms with Crippen molar-refractivity contribution in [3.05, 3.63) is 58.9 Å². The largest absolute Gasteiger partial charge is 0.427 e. The fourth-order valence-electron chi connectivity index (χ4n) is 1.55. The zero-order valence-corrected chi connectivity index (χ0v) is 10.8. The van der Waals surface area contributed by atoms with E-state index in [2.05, 4.69) is 4.98 Å². The number of pyridine rings is 1. The van der Waals surface area contributed by atoms with Gasteiger partial charge in [-0.2, -0.15) is 0 Å². The standard InChI is InChI=1S/C14H10ClNO3/c1-9(17)19-11-6-4-10(5-7-11)13(18)12-3-2-8-16-14(12)15/h2-8H,1H3. The van der Waals surface area contributed by atoms with Gasteiger partial charge in [-0.25, -0.2) is 4.98 Å². The van der Waals surface area contributed by atoms with Crippen LogP contribution in [0.2, 0.25) is 5.15 Å². The number of aromatic nitrogens is 1. The third-order valence-electron chi connectivity index (χ3n) is 2.38. The molecule has 1 aromatic heterocycles. The van der Waals surface area contributed by atoms with Gasteiger partial charge in [0.1, 0.15) is 10.9 Å². The summed E-state index contributed by atoms with van der Waals surface area (Å²) in [4.78, 5) is 26.8. The number of ketones is 1. The van der Waals surface area contributed by atoms with E-state index in [1.165, 1.54) is 13.1 Å². The quantitative estimate of drug-likeness (QED) is 0.374. The van der Waals surface area contributed by atoms with Gasteiger partial charge in [-0.3, -0.25) is 9.59 Å². The summed E-state index contributed by atoms with van der Waals surface area (Å²) in [6.07, 6.45) is 1.52. The number of hydrogen-bond donors (Lipinski definition) is 0. The maximum absolute atomic E-state index is 12.2. The highest BCUT2D eigenvalue weighted by atomic mass is 35.5. The molecule has 2 aromatic rings. The molecule has 0 aliphatic heterocycles. The minimum Gasteiger partial charge on any atom is -0.427 e. The highest BCUT2D eigenvalue weighted by molar-refractivity contribution is 6.33. The van der Waals surface area contributed by atoms with Crippen LogP contribution in [0.15, 0.2) is 42.6 Å². The Morgan fingerprint density at radius 2 is 1.84 bits per heavy atom. The molecule has 19 heavy (non-hydrogen) atoms. The summed E-state index contributed by atoms with van der Waals surface area (Å²) >= 11 is 5.87. The minimum atomic E-state index is -0.408. The first-order chi connectivity index (χ1) is 9.08. The van der Waals surface area contributed by atoms with Crippen LogP contribution in [0.25, 0.3) is 0 Å². The fraction of sp³-hybridized carbons (Fsp3) is 0.0714. The van der Waals surface area contributed by atoms with E-state index in [1.54, 1.807) is 36.4 Å². The molecule has 4 nitrogen and oxygen atoms in total. The molecule has 0 aliphatic carbocycles. The highest BCUT2D eigenvalue weighted by Gasteiger charge is 2.13. The van der Waals surface area contributed by atoms with Crippen LogP contribution in [0, 0.1) is 0 Å². The van der Waals surface area contributed by atoms with Crippen molar-refractivity contribution >= 4 is 23.4 Å².